The van der Waals surface area contributed by atoms with Gasteiger partial charge in [0.2, 0.25) is 0 Å². The summed E-state index contributed by atoms with van der Waals surface area (Å²) < 4.78 is 15.4. The van der Waals surface area contributed by atoms with E-state index in [1.54, 1.807) is 34.8 Å². The molecular weight excluding hydrogens is 309 g/mol. The number of hydrogen-bond acceptors (Lipinski definition) is 5. The lowest BCUT2D eigenvalue weighted by atomic mass is 9.96. The zero-order valence-electron chi connectivity index (χ0n) is 13.9. The summed E-state index contributed by atoms with van der Waals surface area (Å²) in [6, 6.07) is 9.73. The number of aliphatic hydroxyl groups is 1. The first-order chi connectivity index (χ1) is 11.4. The van der Waals surface area contributed by atoms with E-state index in [9.17, 15) is 9.50 Å². The van der Waals surface area contributed by atoms with Crippen LogP contribution in [0.1, 0.15) is 38.3 Å². The molecule has 1 atom stereocenters. The molecule has 0 radical (unpaired) electrons. The minimum absolute atomic E-state index is 0.145. The summed E-state index contributed by atoms with van der Waals surface area (Å²) >= 11 is 0. The maximum atomic E-state index is 13.7. The van der Waals surface area contributed by atoms with Gasteiger partial charge in [-0.05, 0) is 18.2 Å². The van der Waals surface area contributed by atoms with Crippen LogP contribution in [0.2, 0.25) is 0 Å². The minimum atomic E-state index is -0.966. The van der Waals surface area contributed by atoms with Crippen LogP contribution in [-0.2, 0) is 5.41 Å². The Morgan fingerprint density at radius 2 is 1.92 bits per heavy atom. The number of benzene rings is 1. The van der Waals surface area contributed by atoms with Gasteiger partial charge in [0.15, 0.2) is 11.5 Å². The molecule has 7 heteroatoms. The second-order valence-electron chi connectivity index (χ2n) is 6.68. The van der Waals surface area contributed by atoms with Crippen LogP contribution in [0.15, 0.2) is 36.4 Å². The molecule has 1 unspecified atom stereocenters. The number of fused-ring (bicyclic) bond motifs is 1. The zero-order valence-corrected chi connectivity index (χ0v) is 13.9. The van der Waals surface area contributed by atoms with Crippen molar-refractivity contribution in [2.24, 2.45) is 0 Å². The van der Waals surface area contributed by atoms with Crippen LogP contribution < -0.4 is 5.32 Å². The van der Waals surface area contributed by atoms with E-state index in [4.69, 9.17) is 0 Å². The summed E-state index contributed by atoms with van der Waals surface area (Å²) in [5.41, 5.74) is 0.712. The molecule has 3 aromatic rings. The number of rotatable bonds is 4. The monoisotopic (exact) mass is 329 g/mol. The molecule has 2 aromatic heterocycles. The molecule has 0 amide bonds. The molecule has 126 valence electrons. The van der Waals surface area contributed by atoms with Crippen molar-refractivity contribution >= 4 is 11.5 Å². The van der Waals surface area contributed by atoms with Crippen LogP contribution in [0.5, 0.6) is 0 Å². The quantitative estimate of drug-likeness (QED) is 0.770. The van der Waals surface area contributed by atoms with E-state index >= 15 is 0 Å². The summed E-state index contributed by atoms with van der Waals surface area (Å²) in [7, 11) is 0. The fourth-order valence-corrected chi connectivity index (χ4v) is 2.41. The van der Waals surface area contributed by atoms with Crippen LogP contribution in [-0.4, -0.2) is 31.5 Å². The predicted molar refractivity (Wildman–Crippen MR) is 89.3 cm³/mol. The summed E-state index contributed by atoms with van der Waals surface area (Å²) in [6.07, 6.45) is -0.966. The highest BCUT2D eigenvalue weighted by Gasteiger charge is 2.22. The molecule has 0 aliphatic rings. The van der Waals surface area contributed by atoms with E-state index in [1.165, 1.54) is 6.07 Å². The molecule has 2 N–H and O–H groups in total. The van der Waals surface area contributed by atoms with E-state index in [-0.39, 0.29) is 17.5 Å². The molecule has 2 heterocycles. The van der Waals surface area contributed by atoms with E-state index in [1.807, 2.05) is 20.8 Å². The van der Waals surface area contributed by atoms with Gasteiger partial charge < -0.3 is 10.4 Å². The van der Waals surface area contributed by atoms with Crippen LogP contribution in [0.4, 0.5) is 10.2 Å². The average Bonchev–Trinajstić information content (AvgIpc) is 2.96. The van der Waals surface area contributed by atoms with Crippen LogP contribution in [0, 0.1) is 5.82 Å². The van der Waals surface area contributed by atoms with Gasteiger partial charge in [-0.1, -0.05) is 39.0 Å². The van der Waals surface area contributed by atoms with Crippen molar-refractivity contribution in [1.29, 1.82) is 0 Å². The largest absolute Gasteiger partial charge is 0.386 e. The van der Waals surface area contributed by atoms with Gasteiger partial charge in [-0.2, -0.15) is 4.52 Å². The third kappa shape index (κ3) is 3.21. The zero-order chi connectivity index (χ0) is 17.3. The fourth-order valence-electron chi connectivity index (χ4n) is 2.41. The van der Waals surface area contributed by atoms with Crippen molar-refractivity contribution in [2.75, 3.05) is 11.9 Å². The Labute approximate surface area is 139 Å². The number of halogens is 1. The molecular formula is C17H20FN5O. The Hall–Kier alpha value is -2.54. The summed E-state index contributed by atoms with van der Waals surface area (Å²) in [5.74, 6) is 0.878. The van der Waals surface area contributed by atoms with E-state index in [2.05, 4.69) is 20.6 Å². The van der Waals surface area contributed by atoms with Gasteiger partial charge in [0.25, 0.3) is 0 Å². The number of hydrogen-bond donors (Lipinski definition) is 2. The maximum absolute atomic E-state index is 13.7. The van der Waals surface area contributed by atoms with E-state index in [0.29, 0.717) is 11.5 Å². The SMILES string of the molecule is CC(C)(C)c1nnc2ccc(NCC(O)c3ccccc3F)nn12. The van der Waals surface area contributed by atoms with Crippen LogP contribution in [0.25, 0.3) is 5.65 Å². The van der Waals surface area contributed by atoms with E-state index in [0.717, 1.165) is 5.82 Å². The van der Waals surface area contributed by atoms with Gasteiger partial charge in [-0.15, -0.1) is 15.3 Å². The Morgan fingerprint density at radius 1 is 1.17 bits per heavy atom. The number of anilines is 1. The molecule has 1 aromatic carbocycles. The summed E-state index contributed by atoms with van der Waals surface area (Å²) in [5, 5.41) is 25.9. The van der Waals surface area contributed by atoms with Crippen molar-refractivity contribution in [3.05, 3.63) is 53.6 Å². The van der Waals surface area contributed by atoms with Gasteiger partial charge in [0.1, 0.15) is 11.6 Å². The Bertz CT molecular complexity index is 856. The summed E-state index contributed by atoms with van der Waals surface area (Å²) in [4.78, 5) is 0. The standard InChI is InChI=1S/C17H20FN5O/c1-17(2,3)16-21-20-15-9-8-14(22-23(15)16)19-10-13(24)11-6-4-5-7-12(11)18/h4-9,13,24H,10H2,1-3H3,(H,19,22). The Kier molecular flexibility index (Phi) is 4.19. The average molecular weight is 329 g/mol. The lowest BCUT2D eigenvalue weighted by molar-refractivity contribution is 0.186. The highest BCUT2D eigenvalue weighted by Crippen LogP contribution is 2.21. The summed E-state index contributed by atoms with van der Waals surface area (Å²) in [6.45, 7) is 6.25. The predicted octanol–water partition coefficient (Wildman–Crippen LogP) is 2.71. The van der Waals surface area contributed by atoms with Gasteiger partial charge in [-0.3, -0.25) is 0 Å². The highest BCUT2D eigenvalue weighted by molar-refractivity contribution is 5.44. The molecule has 0 saturated carbocycles. The van der Waals surface area contributed by atoms with Gasteiger partial charge >= 0.3 is 0 Å². The molecule has 0 bridgehead atoms. The number of aliphatic hydroxyl groups excluding tert-OH is 1. The molecule has 0 saturated heterocycles. The molecule has 0 aliphatic carbocycles. The molecule has 0 fully saturated rings. The van der Waals surface area contributed by atoms with Gasteiger partial charge in [0.05, 0.1) is 6.10 Å². The third-order valence-electron chi connectivity index (χ3n) is 3.67. The molecule has 24 heavy (non-hydrogen) atoms. The smallest absolute Gasteiger partial charge is 0.178 e. The lowest BCUT2D eigenvalue weighted by Crippen LogP contribution is -2.18. The second-order valence-corrected chi connectivity index (χ2v) is 6.68. The van der Waals surface area contributed by atoms with Crippen LogP contribution >= 0.6 is 0 Å². The maximum Gasteiger partial charge on any atom is 0.178 e. The highest BCUT2D eigenvalue weighted by atomic mass is 19.1. The first-order valence-corrected chi connectivity index (χ1v) is 7.75. The first-order valence-electron chi connectivity index (χ1n) is 7.75. The normalized spacial score (nSPS) is 13.2. The topological polar surface area (TPSA) is 75.3 Å². The molecule has 6 nitrogen and oxygen atoms in total. The van der Waals surface area contributed by atoms with E-state index < -0.39 is 11.9 Å². The van der Waals surface area contributed by atoms with Gasteiger partial charge in [0, 0.05) is 17.5 Å². The third-order valence-corrected chi connectivity index (χ3v) is 3.67. The van der Waals surface area contributed by atoms with Crippen LogP contribution in [0.3, 0.4) is 0 Å². The van der Waals surface area contributed by atoms with Crippen molar-refractivity contribution < 1.29 is 9.50 Å². The van der Waals surface area contributed by atoms with Gasteiger partial charge in [-0.25, -0.2) is 4.39 Å². The van der Waals surface area contributed by atoms with Crippen molar-refractivity contribution in [2.45, 2.75) is 32.3 Å². The lowest BCUT2D eigenvalue weighted by Gasteiger charge is -2.16. The number of nitrogens with zero attached hydrogens (tertiary/aromatic N) is 4. The fraction of sp³-hybridized carbons (Fsp3) is 0.353. The number of aromatic nitrogens is 4. The number of nitrogens with one attached hydrogen (secondary N) is 1. The first kappa shape index (κ1) is 16.3. The van der Waals surface area contributed by atoms with Crippen molar-refractivity contribution in [3.8, 4) is 0 Å². The Balaban J connectivity index is 1.79. The molecule has 0 spiro atoms. The van der Waals surface area contributed by atoms with Crippen molar-refractivity contribution in [3.63, 3.8) is 0 Å². The van der Waals surface area contributed by atoms with Crippen molar-refractivity contribution in [1.82, 2.24) is 19.8 Å². The Morgan fingerprint density at radius 3 is 2.62 bits per heavy atom. The molecule has 3 rings (SSSR count). The molecule has 0 aliphatic heterocycles. The minimum Gasteiger partial charge on any atom is -0.386 e. The second kappa shape index (κ2) is 6.16.